The molecule has 6 nitrogen and oxygen atoms in total. The van der Waals surface area contributed by atoms with Crippen LogP contribution in [0.5, 0.6) is 5.75 Å². The Morgan fingerprint density at radius 1 is 1.48 bits per heavy atom. The van der Waals surface area contributed by atoms with Gasteiger partial charge in [0.05, 0.1) is 18.7 Å². The Bertz CT molecular complexity index is 547. The van der Waals surface area contributed by atoms with Crippen LogP contribution < -0.4 is 15.4 Å². The van der Waals surface area contributed by atoms with Gasteiger partial charge in [-0.3, -0.25) is 9.69 Å². The standard InChI is InChI=1S/C15H20N4O2/c1-11(19-8-6-17-7-9-19)15(20)18-14-12(10-16)4-3-5-13(14)21-2/h3-5,11,17H,6-9H2,1-2H3,(H,18,20). The molecule has 6 heteroatoms. The summed E-state index contributed by atoms with van der Waals surface area (Å²) in [5, 5.41) is 15.3. The van der Waals surface area contributed by atoms with Crippen LogP contribution in [-0.2, 0) is 4.79 Å². The Morgan fingerprint density at radius 2 is 2.19 bits per heavy atom. The van der Waals surface area contributed by atoms with Gasteiger partial charge in [-0.15, -0.1) is 0 Å². The number of nitrogens with zero attached hydrogens (tertiary/aromatic N) is 2. The maximum atomic E-state index is 12.4. The number of methoxy groups -OCH3 is 1. The maximum Gasteiger partial charge on any atom is 0.241 e. The van der Waals surface area contributed by atoms with Gasteiger partial charge in [0.15, 0.2) is 0 Å². The van der Waals surface area contributed by atoms with E-state index in [1.54, 1.807) is 18.2 Å². The number of carbonyl (C=O) groups excluding carboxylic acids is 1. The van der Waals surface area contributed by atoms with Crippen molar-refractivity contribution in [1.82, 2.24) is 10.2 Å². The number of benzene rings is 1. The second-order valence-electron chi connectivity index (χ2n) is 4.95. The fourth-order valence-corrected chi connectivity index (χ4v) is 2.39. The van der Waals surface area contributed by atoms with Gasteiger partial charge in [-0.05, 0) is 19.1 Å². The minimum absolute atomic E-state index is 0.127. The van der Waals surface area contributed by atoms with Crippen molar-refractivity contribution in [1.29, 1.82) is 5.26 Å². The molecule has 112 valence electrons. The van der Waals surface area contributed by atoms with E-state index < -0.39 is 0 Å². The number of hydrogen-bond donors (Lipinski definition) is 2. The molecule has 1 saturated heterocycles. The lowest BCUT2D eigenvalue weighted by Crippen LogP contribution is -2.51. The molecule has 1 unspecified atom stereocenters. The number of ether oxygens (including phenoxy) is 1. The van der Waals surface area contributed by atoms with Gasteiger partial charge in [0.25, 0.3) is 0 Å². The van der Waals surface area contributed by atoms with Crippen LogP contribution in [0.3, 0.4) is 0 Å². The first-order valence-electron chi connectivity index (χ1n) is 7.00. The molecule has 1 heterocycles. The van der Waals surface area contributed by atoms with Gasteiger partial charge in [-0.2, -0.15) is 5.26 Å². The van der Waals surface area contributed by atoms with E-state index in [1.165, 1.54) is 7.11 Å². The number of anilines is 1. The molecule has 1 aromatic carbocycles. The van der Waals surface area contributed by atoms with Crippen molar-refractivity contribution in [2.24, 2.45) is 0 Å². The number of amides is 1. The molecular weight excluding hydrogens is 268 g/mol. The molecule has 2 rings (SSSR count). The summed E-state index contributed by atoms with van der Waals surface area (Å²) in [7, 11) is 1.52. The van der Waals surface area contributed by atoms with E-state index in [2.05, 4.69) is 21.6 Å². The van der Waals surface area contributed by atoms with Crippen molar-refractivity contribution in [3.8, 4) is 11.8 Å². The van der Waals surface area contributed by atoms with E-state index in [9.17, 15) is 4.79 Å². The number of hydrogen-bond acceptors (Lipinski definition) is 5. The van der Waals surface area contributed by atoms with Gasteiger partial charge in [-0.1, -0.05) is 6.07 Å². The predicted molar refractivity (Wildman–Crippen MR) is 80.2 cm³/mol. The Balaban J connectivity index is 2.13. The molecule has 1 aromatic rings. The number of nitriles is 1. The fourth-order valence-electron chi connectivity index (χ4n) is 2.39. The summed E-state index contributed by atoms with van der Waals surface area (Å²) in [6.45, 7) is 5.32. The molecule has 1 atom stereocenters. The Hall–Kier alpha value is -2.10. The van der Waals surface area contributed by atoms with Crippen molar-refractivity contribution in [3.63, 3.8) is 0 Å². The minimum Gasteiger partial charge on any atom is -0.495 e. The first-order chi connectivity index (χ1) is 10.2. The first-order valence-corrected chi connectivity index (χ1v) is 7.00. The molecule has 2 N–H and O–H groups in total. The van der Waals surface area contributed by atoms with Gasteiger partial charge in [-0.25, -0.2) is 0 Å². The largest absolute Gasteiger partial charge is 0.495 e. The van der Waals surface area contributed by atoms with Crippen LogP contribution in [0, 0.1) is 11.3 Å². The maximum absolute atomic E-state index is 12.4. The summed E-state index contributed by atoms with van der Waals surface area (Å²) in [5.41, 5.74) is 0.838. The van der Waals surface area contributed by atoms with Gasteiger partial charge < -0.3 is 15.4 Å². The lowest BCUT2D eigenvalue weighted by atomic mass is 10.1. The van der Waals surface area contributed by atoms with Gasteiger partial charge in [0.2, 0.25) is 5.91 Å². The van der Waals surface area contributed by atoms with Crippen LogP contribution in [-0.4, -0.2) is 50.1 Å². The van der Waals surface area contributed by atoms with E-state index in [-0.39, 0.29) is 11.9 Å². The minimum atomic E-state index is -0.247. The lowest BCUT2D eigenvalue weighted by molar-refractivity contribution is -0.121. The van der Waals surface area contributed by atoms with Gasteiger partial charge in [0, 0.05) is 26.2 Å². The highest BCUT2D eigenvalue weighted by atomic mass is 16.5. The molecule has 1 aliphatic heterocycles. The second-order valence-corrected chi connectivity index (χ2v) is 4.95. The van der Waals surface area contributed by atoms with E-state index in [0.29, 0.717) is 17.0 Å². The molecule has 1 aliphatic rings. The summed E-state index contributed by atoms with van der Waals surface area (Å²) < 4.78 is 5.22. The SMILES string of the molecule is COc1cccc(C#N)c1NC(=O)C(C)N1CCNCC1. The van der Waals surface area contributed by atoms with Crippen LogP contribution in [0.2, 0.25) is 0 Å². The van der Waals surface area contributed by atoms with Crippen molar-refractivity contribution in [3.05, 3.63) is 23.8 Å². The molecule has 0 aliphatic carbocycles. The Kier molecular flexibility index (Phi) is 5.14. The van der Waals surface area contributed by atoms with E-state index in [1.807, 2.05) is 6.92 Å². The quantitative estimate of drug-likeness (QED) is 0.857. The van der Waals surface area contributed by atoms with Crippen molar-refractivity contribution in [2.75, 3.05) is 38.6 Å². The molecule has 0 bridgehead atoms. The average molecular weight is 288 g/mol. The second kappa shape index (κ2) is 7.07. The number of para-hydroxylation sites is 1. The fraction of sp³-hybridized carbons (Fsp3) is 0.467. The van der Waals surface area contributed by atoms with Crippen LogP contribution in [0.15, 0.2) is 18.2 Å². The topological polar surface area (TPSA) is 77.4 Å². The summed E-state index contributed by atoms with van der Waals surface area (Å²) in [5.74, 6) is 0.368. The zero-order valence-electron chi connectivity index (χ0n) is 12.3. The lowest BCUT2D eigenvalue weighted by Gasteiger charge is -2.32. The predicted octanol–water partition coefficient (Wildman–Crippen LogP) is 0.799. The zero-order valence-corrected chi connectivity index (χ0v) is 12.3. The van der Waals surface area contributed by atoms with Crippen molar-refractivity contribution >= 4 is 11.6 Å². The number of rotatable bonds is 4. The smallest absolute Gasteiger partial charge is 0.241 e. The van der Waals surface area contributed by atoms with Crippen molar-refractivity contribution in [2.45, 2.75) is 13.0 Å². The van der Waals surface area contributed by atoms with Crippen molar-refractivity contribution < 1.29 is 9.53 Å². The monoisotopic (exact) mass is 288 g/mol. The highest BCUT2D eigenvalue weighted by molar-refractivity contribution is 5.97. The third kappa shape index (κ3) is 3.51. The zero-order chi connectivity index (χ0) is 15.2. The molecule has 0 aromatic heterocycles. The highest BCUT2D eigenvalue weighted by Crippen LogP contribution is 2.28. The van der Waals surface area contributed by atoms with E-state index in [4.69, 9.17) is 10.00 Å². The normalized spacial score (nSPS) is 16.8. The van der Waals surface area contributed by atoms with Gasteiger partial charge in [0.1, 0.15) is 17.5 Å². The molecule has 0 saturated carbocycles. The number of nitrogens with one attached hydrogen (secondary N) is 2. The van der Waals surface area contributed by atoms with Crippen LogP contribution >= 0.6 is 0 Å². The van der Waals surface area contributed by atoms with Crippen LogP contribution in [0.25, 0.3) is 0 Å². The molecule has 1 fully saturated rings. The summed E-state index contributed by atoms with van der Waals surface area (Å²) in [6.07, 6.45) is 0. The Labute approximate surface area is 124 Å². The third-order valence-corrected chi connectivity index (χ3v) is 3.69. The summed E-state index contributed by atoms with van der Waals surface area (Å²) >= 11 is 0. The highest BCUT2D eigenvalue weighted by Gasteiger charge is 2.24. The van der Waals surface area contributed by atoms with Gasteiger partial charge >= 0.3 is 0 Å². The molecular formula is C15H20N4O2. The summed E-state index contributed by atoms with van der Waals surface area (Å²) in [6, 6.07) is 6.95. The van der Waals surface area contributed by atoms with Crippen LogP contribution in [0.1, 0.15) is 12.5 Å². The molecule has 0 spiro atoms. The average Bonchev–Trinajstić information content (AvgIpc) is 2.55. The van der Waals surface area contributed by atoms with E-state index >= 15 is 0 Å². The Morgan fingerprint density at radius 3 is 2.81 bits per heavy atom. The number of carbonyl (C=O) groups is 1. The summed E-state index contributed by atoms with van der Waals surface area (Å²) in [4.78, 5) is 14.5. The molecule has 0 radical (unpaired) electrons. The number of piperazine rings is 1. The third-order valence-electron chi connectivity index (χ3n) is 3.69. The van der Waals surface area contributed by atoms with Crippen LogP contribution in [0.4, 0.5) is 5.69 Å². The molecule has 1 amide bonds. The van der Waals surface area contributed by atoms with E-state index in [0.717, 1.165) is 26.2 Å². The first kappa shape index (κ1) is 15.3. The molecule has 21 heavy (non-hydrogen) atoms.